The molecule has 1 unspecified atom stereocenters. The number of rotatable bonds is 8. The van der Waals surface area contributed by atoms with E-state index in [2.05, 4.69) is 15.3 Å². The van der Waals surface area contributed by atoms with Gasteiger partial charge in [-0.05, 0) is 18.6 Å². The lowest BCUT2D eigenvalue weighted by Crippen LogP contribution is -2.40. The predicted molar refractivity (Wildman–Crippen MR) is 90.8 cm³/mol. The van der Waals surface area contributed by atoms with Crippen LogP contribution >= 0.6 is 0 Å². The Morgan fingerprint density at radius 3 is 2.37 bits per heavy atom. The van der Waals surface area contributed by atoms with Gasteiger partial charge in [0.15, 0.2) is 0 Å². The smallest absolute Gasteiger partial charge is 0.328 e. The second kappa shape index (κ2) is 8.79. The van der Waals surface area contributed by atoms with Gasteiger partial charge in [0.05, 0.1) is 20.3 Å². The number of aromatic nitrogens is 2. The molecule has 0 radical (unpaired) electrons. The van der Waals surface area contributed by atoms with E-state index in [1.807, 2.05) is 0 Å². The van der Waals surface area contributed by atoms with E-state index in [-0.39, 0.29) is 29.9 Å². The predicted octanol–water partition coefficient (Wildman–Crippen LogP) is 2.02. The zero-order valence-electron chi connectivity index (χ0n) is 14.9. The fourth-order valence-electron chi connectivity index (χ4n) is 2.12. The minimum Gasteiger partial charge on any atom is -0.481 e. The number of benzene rings is 1. The van der Waals surface area contributed by atoms with E-state index in [1.54, 1.807) is 6.92 Å². The van der Waals surface area contributed by atoms with Crippen LogP contribution in [0.4, 0.5) is 4.39 Å². The van der Waals surface area contributed by atoms with Crippen LogP contribution in [0.25, 0.3) is 0 Å². The summed E-state index contributed by atoms with van der Waals surface area (Å²) in [6.07, 6.45) is 0.127. The summed E-state index contributed by atoms with van der Waals surface area (Å²) in [5.74, 6) is -2.98. The quantitative estimate of drug-likeness (QED) is 0.715. The summed E-state index contributed by atoms with van der Waals surface area (Å²) in [7, 11) is 2.76. The molecule has 9 nitrogen and oxygen atoms in total. The fourth-order valence-corrected chi connectivity index (χ4v) is 2.12. The molecule has 1 aromatic carbocycles. The van der Waals surface area contributed by atoms with Crippen LogP contribution in [-0.2, 0) is 4.79 Å². The highest BCUT2D eigenvalue weighted by Crippen LogP contribution is 2.28. The van der Waals surface area contributed by atoms with Crippen LogP contribution in [0.1, 0.15) is 23.7 Å². The molecule has 0 fully saturated rings. The lowest BCUT2D eigenvalue weighted by molar-refractivity contribution is -0.139. The minimum absolute atomic E-state index is 0.127. The average molecular weight is 379 g/mol. The molecule has 2 N–H and O–H groups in total. The van der Waals surface area contributed by atoms with Crippen LogP contribution in [0.5, 0.6) is 23.5 Å². The van der Waals surface area contributed by atoms with Gasteiger partial charge in [-0.1, -0.05) is 13.0 Å². The summed E-state index contributed by atoms with van der Waals surface area (Å²) < 4.78 is 29.7. The Kier molecular flexibility index (Phi) is 6.47. The molecule has 0 spiro atoms. The highest BCUT2D eigenvalue weighted by molar-refractivity contribution is 5.99. The van der Waals surface area contributed by atoms with Gasteiger partial charge in [-0.2, -0.15) is 9.97 Å². The molecule has 10 heteroatoms. The second-order valence-electron chi connectivity index (χ2n) is 5.22. The van der Waals surface area contributed by atoms with Crippen molar-refractivity contribution in [2.24, 2.45) is 0 Å². The molecule has 2 rings (SSSR count). The fraction of sp³-hybridized carbons (Fsp3) is 0.294. The van der Waals surface area contributed by atoms with E-state index in [9.17, 15) is 14.0 Å². The molecule has 0 saturated carbocycles. The van der Waals surface area contributed by atoms with Crippen molar-refractivity contribution in [2.75, 3.05) is 14.2 Å². The highest BCUT2D eigenvalue weighted by atomic mass is 19.1. The monoisotopic (exact) mass is 379 g/mol. The van der Waals surface area contributed by atoms with Crippen LogP contribution in [0.2, 0.25) is 0 Å². The Hall–Kier alpha value is -3.43. The summed E-state index contributed by atoms with van der Waals surface area (Å²) >= 11 is 0. The van der Waals surface area contributed by atoms with Gasteiger partial charge in [0, 0.05) is 0 Å². The molecule has 0 aliphatic rings. The Labute approximate surface area is 154 Å². The molecule has 144 valence electrons. The number of carboxylic acids is 1. The molecular formula is C17H18FN3O6. The first-order chi connectivity index (χ1) is 12.9. The number of methoxy groups -OCH3 is 2. The number of aliphatic carboxylic acids is 1. The number of ether oxygens (including phenoxy) is 3. The summed E-state index contributed by atoms with van der Waals surface area (Å²) in [4.78, 5) is 31.4. The minimum atomic E-state index is -1.23. The number of hydrogen-bond acceptors (Lipinski definition) is 7. The number of nitrogens with one attached hydrogen (secondary N) is 1. The number of carbonyl (C=O) groups is 2. The first-order valence-electron chi connectivity index (χ1n) is 7.86. The van der Waals surface area contributed by atoms with Crippen molar-refractivity contribution in [3.05, 3.63) is 35.6 Å². The molecule has 1 amide bonds. The standard InChI is InChI=1S/C17H18FN3O6/c1-4-10(16(23)24)19-15(22)14-9(18)6-5-7-11(14)27-17-20-12(25-2)8-13(21-17)26-3/h5-8,10H,4H2,1-3H3,(H,19,22)(H,23,24). The zero-order valence-corrected chi connectivity index (χ0v) is 14.9. The van der Waals surface area contributed by atoms with Gasteiger partial charge in [0.2, 0.25) is 11.8 Å². The molecular weight excluding hydrogens is 361 g/mol. The van der Waals surface area contributed by atoms with Crippen LogP contribution in [0.15, 0.2) is 24.3 Å². The van der Waals surface area contributed by atoms with Crippen molar-refractivity contribution in [1.29, 1.82) is 0 Å². The number of nitrogens with zero attached hydrogens (tertiary/aromatic N) is 2. The Morgan fingerprint density at radius 1 is 1.22 bits per heavy atom. The lowest BCUT2D eigenvalue weighted by Gasteiger charge is -2.15. The van der Waals surface area contributed by atoms with Gasteiger partial charge in [-0.25, -0.2) is 9.18 Å². The van der Waals surface area contributed by atoms with E-state index in [0.717, 1.165) is 6.07 Å². The van der Waals surface area contributed by atoms with Crippen molar-refractivity contribution in [1.82, 2.24) is 15.3 Å². The average Bonchev–Trinajstić information content (AvgIpc) is 2.65. The Bertz CT molecular complexity index is 823. The Balaban J connectivity index is 2.38. The maximum atomic E-state index is 14.3. The third kappa shape index (κ3) is 4.81. The number of hydrogen-bond donors (Lipinski definition) is 2. The highest BCUT2D eigenvalue weighted by Gasteiger charge is 2.24. The van der Waals surface area contributed by atoms with Gasteiger partial charge in [-0.3, -0.25) is 4.79 Å². The zero-order chi connectivity index (χ0) is 20.0. The third-order valence-electron chi connectivity index (χ3n) is 3.49. The first-order valence-corrected chi connectivity index (χ1v) is 7.86. The van der Waals surface area contributed by atoms with Gasteiger partial charge < -0.3 is 24.6 Å². The number of halogens is 1. The van der Waals surface area contributed by atoms with Crippen LogP contribution < -0.4 is 19.5 Å². The van der Waals surface area contributed by atoms with Gasteiger partial charge in [0.25, 0.3) is 5.91 Å². The number of carbonyl (C=O) groups excluding carboxylic acids is 1. The molecule has 0 aliphatic heterocycles. The van der Waals surface area contributed by atoms with Crippen molar-refractivity contribution >= 4 is 11.9 Å². The maximum absolute atomic E-state index is 14.3. The van der Waals surface area contributed by atoms with E-state index >= 15 is 0 Å². The van der Waals surface area contributed by atoms with Crippen molar-refractivity contribution in [2.45, 2.75) is 19.4 Å². The molecule has 0 saturated heterocycles. The van der Waals surface area contributed by atoms with E-state index in [0.29, 0.717) is 0 Å². The summed E-state index contributed by atoms with van der Waals surface area (Å²) in [6, 6.07) is 3.71. The topological polar surface area (TPSA) is 120 Å². The molecule has 27 heavy (non-hydrogen) atoms. The molecule has 0 aliphatic carbocycles. The lowest BCUT2D eigenvalue weighted by atomic mass is 10.1. The molecule has 1 aromatic heterocycles. The molecule has 1 atom stereocenters. The van der Waals surface area contributed by atoms with Gasteiger partial charge in [-0.15, -0.1) is 0 Å². The molecule has 2 aromatic rings. The van der Waals surface area contributed by atoms with Crippen molar-refractivity contribution in [3.63, 3.8) is 0 Å². The van der Waals surface area contributed by atoms with E-state index in [1.165, 1.54) is 32.4 Å². The van der Waals surface area contributed by atoms with Gasteiger partial charge >= 0.3 is 12.0 Å². The first kappa shape index (κ1) is 19.9. The maximum Gasteiger partial charge on any atom is 0.328 e. The number of amides is 1. The van der Waals surface area contributed by atoms with Crippen LogP contribution in [-0.4, -0.2) is 47.2 Å². The largest absolute Gasteiger partial charge is 0.481 e. The van der Waals surface area contributed by atoms with Crippen molar-refractivity contribution in [3.8, 4) is 23.5 Å². The summed E-state index contributed by atoms with van der Waals surface area (Å²) in [5.41, 5.74) is -0.470. The molecule has 1 heterocycles. The number of carboxylic acid groups (broad SMARTS) is 1. The van der Waals surface area contributed by atoms with Gasteiger partial charge in [0.1, 0.15) is 23.2 Å². The SMILES string of the molecule is CCC(NC(=O)c1c(F)cccc1Oc1nc(OC)cc(OC)n1)C(=O)O. The van der Waals surface area contributed by atoms with Crippen LogP contribution in [0, 0.1) is 5.82 Å². The van der Waals surface area contributed by atoms with E-state index in [4.69, 9.17) is 19.3 Å². The third-order valence-corrected chi connectivity index (χ3v) is 3.49. The van der Waals surface area contributed by atoms with E-state index < -0.39 is 29.3 Å². The van der Waals surface area contributed by atoms with Crippen LogP contribution in [0.3, 0.4) is 0 Å². The molecule has 0 bridgehead atoms. The van der Waals surface area contributed by atoms with Crippen molar-refractivity contribution < 1.29 is 33.3 Å². The normalized spacial score (nSPS) is 11.4. The summed E-state index contributed by atoms with van der Waals surface area (Å²) in [6.45, 7) is 1.58. The summed E-state index contributed by atoms with van der Waals surface area (Å²) in [5, 5.41) is 11.3. The second-order valence-corrected chi connectivity index (χ2v) is 5.22. The Morgan fingerprint density at radius 2 is 1.85 bits per heavy atom.